The molecule has 0 unspecified atom stereocenters. The Morgan fingerprint density at radius 3 is 1.41 bits per heavy atom. The van der Waals surface area contributed by atoms with Crippen molar-refractivity contribution in [3.63, 3.8) is 0 Å². The van der Waals surface area contributed by atoms with E-state index in [1.807, 2.05) is 0 Å². The standard InChI is InChI=1S/C28H35N4OP.C10H22N4O2.4ClH/c1-32(28(29)30)23-27(33)31-21-13-2-3-14-22-34(24-15-7-4-8-16-24,25-17-9-5-10-18-25)26-19-11-6-12-20-26;1-3-4-6-16-7-5-13-9(15)8-14(2)10(11)12;;;;/h4-12,15-20H,2-3,13-14,21-23H2,1H3,(H3-,29,30,31,33);3-8H2,1-2H3,(H3,11,12)(H,13,15);4*1H/p-1. The predicted molar refractivity (Wildman–Crippen MR) is 224 cm³/mol. The van der Waals surface area contributed by atoms with E-state index < -0.39 is 7.26 Å². The molecule has 0 aliphatic carbocycles. The van der Waals surface area contributed by atoms with Crippen LogP contribution in [-0.2, 0) is 14.3 Å². The normalized spacial score (nSPS) is 9.91. The highest BCUT2D eigenvalue weighted by Gasteiger charge is 2.44. The number of amides is 2. The van der Waals surface area contributed by atoms with Crippen LogP contribution in [0.5, 0.6) is 0 Å². The van der Waals surface area contributed by atoms with E-state index in [0.717, 1.165) is 51.3 Å². The number of halogens is 4. The SMILES string of the molecule is CCCCOCCNC(=O)CN(C)C(=N)N.CN(CC(=O)NCCCCCC[P+](c1ccccc1)(c1ccccc1)c1ccccc1)C(=N)N.Cl.Cl.[Cl-].[Cl-]. The maximum Gasteiger partial charge on any atom is 0.239 e. The van der Waals surface area contributed by atoms with Crippen molar-refractivity contribution in [1.82, 2.24) is 20.4 Å². The second kappa shape index (κ2) is 32.0. The molecule has 0 spiro atoms. The van der Waals surface area contributed by atoms with Gasteiger partial charge in [-0.3, -0.25) is 20.4 Å². The van der Waals surface area contributed by atoms with Crippen molar-refractivity contribution < 1.29 is 39.1 Å². The van der Waals surface area contributed by atoms with Crippen LogP contribution >= 0.6 is 32.1 Å². The molecule has 3 aromatic carbocycles. The van der Waals surface area contributed by atoms with Crippen molar-refractivity contribution in [2.45, 2.75) is 45.4 Å². The van der Waals surface area contributed by atoms with Crippen LogP contribution in [0.1, 0.15) is 45.4 Å². The Morgan fingerprint density at radius 2 is 1.02 bits per heavy atom. The third-order valence-electron chi connectivity index (χ3n) is 8.13. The molecule has 0 radical (unpaired) electrons. The number of carbonyl (C=O) groups is 2. The van der Waals surface area contributed by atoms with Crippen molar-refractivity contribution in [3.05, 3.63) is 91.0 Å². The molecular formula is C38H60Cl4N8O3P-. The summed E-state index contributed by atoms with van der Waals surface area (Å²) in [6, 6.07) is 33.0. The van der Waals surface area contributed by atoms with E-state index in [9.17, 15) is 9.59 Å². The van der Waals surface area contributed by atoms with Gasteiger partial charge >= 0.3 is 0 Å². The lowest BCUT2D eigenvalue weighted by molar-refractivity contribution is -0.122. The van der Waals surface area contributed by atoms with Gasteiger partial charge in [-0.1, -0.05) is 74.4 Å². The molecule has 54 heavy (non-hydrogen) atoms. The number of hydrogen-bond donors (Lipinski definition) is 6. The van der Waals surface area contributed by atoms with E-state index in [0.29, 0.717) is 19.7 Å². The van der Waals surface area contributed by atoms with Gasteiger partial charge in [-0.15, -0.1) is 24.8 Å². The van der Waals surface area contributed by atoms with Crippen molar-refractivity contribution in [2.24, 2.45) is 11.5 Å². The topological polar surface area (TPSA) is 174 Å². The lowest BCUT2D eigenvalue weighted by Crippen LogP contribution is -3.00. The van der Waals surface area contributed by atoms with Gasteiger partial charge in [0.05, 0.1) is 25.9 Å². The minimum absolute atomic E-state index is 0. The number of rotatable bonds is 20. The smallest absolute Gasteiger partial charge is 0.239 e. The fourth-order valence-electron chi connectivity index (χ4n) is 5.26. The molecule has 0 aliphatic rings. The summed E-state index contributed by atoms with van der Waals surface area (Å²) in [7, 11) is 1.48. The molecule has 304 valence electrons. The van der Waals surface area contributed by atoms with Crippen LogP contribution in [0, 0.1) is 10.8 Å². The van der Waals surface area contributed by atoms with Gasteiger partial charge in [-0.2, -0.15) is 0 Å². The van der Waals surface area contributed by atoms with E-state index >= 15 is 0 Å². The highest BCUT2D eigenvalue weighted by Crippen LogP contribution is 2.55. The number of nitrogens with one attached hydrogen (secondary N) is 4. The number of ether oxygens (including phenoxy) is 1. The Morgan fingerprint density at radius 1 is 0.630 bits per heavy atom. The van der Waals surface area contributed by atoms with E-state index in [4.69, 9.17) is 27.0 Å². The molecule has 3 rings (SSSR count). The number of nitrogens with two attached hydrogens (primary N) is 2. The zero-order chi connectivity index (χ0) is 36.6. The van der Waals surface area contributed by atoms with Gasteiger partial charge in [0, 0.05) is 33.8 Å². The fraction of sp³-hybridized carbons (Fsp3) is 0.421. The molecule has 0 aliphatic heterocycles. The summed E-state index contributed by atoms with van der Waals surface area (Å²) in [4.78, 5) is 26.0. The predicted octanol–water partition coefficient (Wildman–Crippen LogP) is -1.92. The average Bonchev–Trinajstić information content (AvgIpc) is 3.12. The molecule has 16 heteroatoms. The molecule has 0 heterocycles. The first-order valence-corrected chi connectivity index (χ1v) is 19.4. The first-order valence-electron chi connectivity index (χ1n) is 17.4. The van der Waals surface area contributed by atoms with Gasteiger partial charge in [-0.25, -0.2) is 0 Å². The number of benzene rings is 3. The van der Waals surface area contributed by atoms with Crippen LogP contribution < -0.4 is 62.8 Å². The molecule has 2 amide bonds. The molecule has 0 bridgehead atoms. The molecular weight excluding hydrogens is 789 g/mol. The first-order chi connectivity index (χ1) is 24.1. The van der Waals surface area contributed by atoms with Gasteiger partial charge < -0.3 is 61.5 Å². The zero-order valence-electron chi connectivity index (χ0n) is 31.6. The first kappa shape index (κ1) is 55.0. The van der Waals surface area contributed by atoms with Crippen LogP contribution in [0.3, 0.4) is 0 Å². The summed E-state index contributed by atoms with van der Waals surface area (Å²) in [5.74, 6) is -0.469. The number of guanidine groups is 2. The van der Waals surface area contributed by atoms with E-state index in [2.05, 4.69) is 109 Å². The van der Waals surface area contributed by atoms with Crippen molar-refractivity contribution >= 4 is 71.7 Å². The molecule has 11 nitrogen and oxygen atoms in total. The maximum atomic E-state index is 11.9. The van der Waals surface area contributed by atoms with E-state index in [1.54, 1.807) is 14.1 Å². The third kappa shape index (κ3) is 20.4. The van der Waals surface area contributed by atoms with Crippen molar-refractivity contribution in [2.75, 3.05) is 59.7 Å². The second-order valence-electron chi connectivity index (χ2n) is 12.1. The molecule has 0 saturated carbocycles. The van der Waals surface area contributed by atoms with Crippen LogP contribution in [0.4, 0.5) is 0 Å². The summed E-state index contributed by atoms with van der Waals surface area (Å²) >= 11 is 0. The van der Waals surface area contributed by atoms with Gasteiger partial charge in [0.2, 0.25) is 11.8 Å². The van der Waals surface area contributed by atoms with Crippen molar-refractivity contribution in [3.8, 4) is 0 Å². The van der Waals surface area contributed by atoms with Gasteiger partial charge in [0.1, 0.15) is 23.2 Å². The largest absolute Gasteiger partial charge is 1.00 e. The van der Waals surface area contributed by atoms with E-state index in [1.165, 1.54) is 25.7 Å². The Labute approximate surface area is 348 Å². The minimum Gasteiger partial charge on any atom is -1.00 e. The van der Waals surface area contributed by atoms with Crippen LogP contribution in [0.25, 0.3) is 0 Å². The van der Waals surface area contributed by atoms with E-state index in [-0.39, 0.29) is 86.5 Å². The summed E-state index contributed by atoms with van der Waals surface area (Å²) in [6.45, 7) is 4.73. The van der Waals surface area contributed by atoms with Gasteiger partial charge in [-0.05, 0) is 62.1 Å². The number of unbranched alkanes of at least 4 members (excludes halogenated alkanes) is 4. The molecule has 3 aromatic rings. The maximum absolute atomic E-state index is 11.9. The van der Waals surface area contributed by atoms with Crippen LogP contribution in [-0.4, -0.2) is 93.2 Å². The molecule has 0 atom stereocenters. The molecule has 8 N–H and O–H groups in total. The summed E-state index contributed by atoms with van der Waals surface area (Å²) in [5, 5.41) is 24.3. The third-order valence-corrected chi connectivity index (χ3v) is 12.7. The number of carbonyl (C=O) groups excluding carboxylic acids is 2. The Balaban J connectivity index is -0.00000112. The quantitative estimate of drug-likeness (QED) is 0.0333. The molecule has 0 fully saturated rings. The van der Waals surface area contributed by atoms with Gasteiger partial charge in [0.25, 0.3) is 0 Å². The second-order valence-corrected chi connectivity index (χ2v) is 15.7. The summed E-state index contributed by atoms with van der Waals surface area (Å²) in [5.41, 5.74) is 10.6. The average molecular weight is 850 g/mol. The molecule has 0 aromatic heterocycles. The Hall–Kier alpha value is -3.31. The zero-order valence-corrected chi connectivity index (χ0v) is 35.7. The number of nitrogens with zero attached hydrogens (tertiary/aromatic N) is 2. The van der Waals surface area contributed by atoms with Gasteiger partial charge in [0.15, 0.2) is 11.9 Å². The summed E-state index contributed by atoms with van der Waals surface area (Å²) in [6.07, 6.45) is 7.55. The number of hydrogen-bond acceptors (Lipinski definition) is 5. The fourth-order valence-corrected chi connectivity index (χ4v) is 9.67. The monoisotopic (exact) mass is 847 g/mol. The Bertz CT molecular complexity index is 1340. The molecule has 0 saturated heterocycles. The van der Waals surface area contributed by atoms with Crippen LogP contribution in [0.2, 0.25) is 0 Å². The van der Waals surface area contributed by atoms with Crippen molar-refractivity contribution in [1.29, 1.82) is 10.8 Å². The minimum atomic E-state index is -1.76. The van der Waals surface area contributed by atoms with Crippen LogP contribution in [0.15, 0.2) is 91.0 Å². The lowest BCUT2D eigenvalue weighted by Gasteiger charge is -2.27. The highest BCUT2D eigenvalue weighted by molar-refractivity contribution is 7.95. The number of likely N-dealkylation sites (N-methyl/N-ethyl adjacent to an activating group) is 2. The lowest BCUT2D eigenvalue weighted by atomic mass is 10.2. The summed E-state index contributed by atoms with van der Waals surface area (Å²) < 4.78 is 5.28. The highest BCUT2D eigenvalue weighted by atomic mass is 35.5. The Kier molecular flexibility index (Phi) is 32.6.